The van der Waals surface area contributed by atoms with Crippen LogP contribution in [0.3, 0.4) is 0 Å². The van der Waals surface area contributed by atoms with Gasteiger partial charge >= 0.3 is 5.97 Å². The van der Waals surface area contributed by atoms with Crippen molar-refractivity contribution in [2.24, 2.45) is 0 Å². The molecule has 0 bridgehead atoms. The van der Waals surface area contributed by atoms with Gasteiger partial charge in [-0.25, -0.2) is 4.79 Å². The number of nitrogens with one attached hydrogen (secondary N) is 1. The number of hydrogen-bond acceptors (Lipinski definition) is 4. The Bertz CT molecular complexity index is 882. The SMILES string of the molecule is C[C@@H](OC(=O)/C=C/c1ccsc1)C(=O)NC(c1ccccc1)c1ccccc1. The molecule has 1 amide bonds. The molecule has 1 aromatic heterocycles. The second-order valence-corrected chi connectivity index (χ2v) is 7.01. The zero-order chi connectivity index (χ0) is 19.8. The van der Waals surface area contributed by atoms with Gasteiger partial charge in [-0.1, -0.05) is 60.7 Å². The van der Waals surface area contributed by atoms with Crippen LogP contribution in [-0.2, 0) is 14.3 Å². The van der Waals surface area contributed by atoms with Gasteiger partial charge in [0, 0.05) is 6.08 Å². The predicted molar refractivity (Wildman–Crippen MR) is 112 cm³/mol. The van der Waals surface area contributed by atoms with Crippen LogP contribution in [0.15, 0.2) is 83.6 Å². The highest BCUT2D eigenvalue weighted by molar-refractivity contribution is 7.08. The van der Waals surface area contributed by atoms with Gasteiger partial charge in [-0.2, -0.15) is 11.3 Å². The maximum atomic E-state index is 12.7. The summed E-state index contributed by atoms with van der Waals surface area (Å²) >= 11 is 1.55. The van der Waals surface area contributed by atoms with E-state index in [1.54, 1.807) is 24.3 Å². The average Bonchev–Trinajstić information content (AvgIpc) is 3.25. The van der Waals surface area contributed by atoms with Crippen LogP contribution in [-0.4, -0.2) is 18.0 Å². The summed E-state index contributed by atoms with van der Waals surface area (Å²) in [5.41, 5.74) is 2.84. The first-order valence-electron chi connectivity index (χ1n) is 8.94. The van der Waals surface area contributed by atoms with E-state index in [1.165, 1.54) is 6.08 Å². The molecule has 0 aliphatic heterocycles. The fraction of sp³-hybridized carbons (Fsp3) is 0.130. The third-order valence-corrected chi connectivity index (χ3v) is 4.87. The molecule has 3 rings (SSSR count). The van der Waals surface area contributed by atoms with E-state index < -0.39 is 12.1 Å². The third kappa shape index (κ3) is 5.41. The number of amides is 1. The lowest BCUT2D eigenvalue weighted by molar-refractivity contribution is -0.150. The molecular weight excluding hydrogens is 370 g/mol. The first-order chi connectivity index (χ1) is 13.6. The van der Waals surface area contributed by atoms with Crippen molar-refractivity contribution in [3.63, 3.8) is 0 Å². The van der Waals surface area contributed by atoms with Crippen molar-refractivity contribution < 1.29 is 14.3 Å². The van der Waals surface area contributed by atoms with E-state index in [2.05, 4.69) is 5.32 Å². The summed E-state index contributed by atoms with van der Waals surface area (Å²) in [6, 6.07) is 21.0. The largest absolute Gasteiger partial charge is 0.449 e. The molecule has 2 aromatic carbocycles. The standard InChI is InChI=1S/C23H21NO3S/c1-17(27-21(25)13-12-18-14-15-28-16-18)23(26)24-22(19-8-4-2-5-9-19)20-10-6-3-7-11-20/h2-17,22H,1H3,(H,24,26)/b13-12+/t17-/m1/s1. The van der Waals surface area contributed by atoms with E-state index in [0.29, 0.717) is 0 Å². The van der Waals surface area contributed by atoms with Crippen LogP contribution in [0, 0.1) is 0 Å². The van der Waals surface area contributed by atoms with E-state index in [1.807, 2.05) is 77.5 Å². The van der Waals surface area contributed by atoms with Gasteiger partial charge in [-0.3, -0.25) is 4.79 Å². The Hall–Kier alpha value is -3.18. The van der Waals surface area contributed by atoms with Gasteiger partial charge in [-0.05, 0) is 46.5 Å². The first-order valence-corrected chi connectivity index (χ1v) is 9.89. The molecule has 0 unspecified atom stereocenters. The van der Waals surface area contributed by atoms with Crippen molar-refractivity contribution in [2.75, 3.05) is 0 Å². The van der Waals surface area contributed by atoms with E-state index >= 15 is 0 Å². The molecule has 28 heavy (non-hydrogen) atoms. The second-order valence-electron chi connectivity index (χ2n) is 6.23. The number of esters is 1. The molecule has 0 saturated carbocycles. The van der Waals surface area contributed by atoms with Crippen molar-refractivity contribution in [1.82, 2.24) is 5.32 Å². The monoisotopic (exact) mass is 391 g/mol. The lowest BCUT2D eigenvalue weighted by Gasteiger charge is -2.22. The molecule has 1 atom stereocenters. The molecule has 0 saturated heterocycles. The van der Waals surface area contributed by atoms with Crippen LogP contribution in [0.5, 0.6) is 0 Å². The van der Waals surface area contributed by atoms with Gasteiger partial charge in [-0.15, -0.1) is 0 Å². The molecule has 1 heterocycles. The van der Waals surface area contributed by atoms with E-state index in [0.717, 1.165) is 16.7 Å². The van der Waals surface area contributed by atoms with Crippen molar-refractivity contribution in [3.8, 4) is 0 Å². The normalized spacial score (nSPS) is 12.1. The molecule has 1 N–H and O–H groups in total. The van der Waals surface area contributed by atoms with Crippen LogP contribution in [0.2, 0.25) is 0 Å². The molecule has 0 aliphatic rings. The summed E-state index contributed by atoms with van der Waals surface area (Å²) in [6.45, 7) is 1.57. The lowest BCUT2D eigenvalue weighted by atomic mass is 9.98. The van der Waals surface area contributed by atoms with E-state index in [4.69, 9.17) is 4.74 Å². The highest BCUT2D eigenvalue weighted by Gasteiger charge is 2.22. The van der Waals surface area contributed by atoms with Gasteiger partial charge in [0.2, 0.25) is 0 Å². The van der Waals surface area contributed by atoms with Crippen LogP contribution >= 0.6 is 11.3 Å². The number of carbonyl (C=O) groups excluding carboxylic acids is 2. The molecule has 0 fully saturated rings. The highest BCUT2D eigenvalue weighted by atomic mass is 32.1. The molecule has 0 aliphatic carbocycles. The van der Waals surface area contributed by atoms with Crippen molar-refractivity contribution in [1.29, 1.82) is 0 Å². The van der Waals surface area contributed by atoms with Gasteiger partial charge in [0.1, 0.15) is 0 Å². The predicted octanol–water partition coefficient (Wildman–Crippen LogP) is 4.60. The Labute approximate surface area is 168 Å². The maximum absolute atomic E-state index is 12.7. The topological polar surface area (TPSA) is 55.4 Å². The number of thiophene rings is 1. The van der Waals surface area contributed by atoms with Crippen molar-refractivity contribution >= 4 is 29.3 Å². The maximum Gasteiger partial charge on any atom is 0.331 e. The fourth-order valence-corrected chi connectivity index (χ4v) is 3.34. The van der Waals surface area contributed by atoms with Crippen LogP contribution in [0.25, 0.3) is 6.08 Å². The van der Waals surface area contributed by atoms with Crippen LogP contribution in [0.1, 0.15) is 29.7 Å². The Morgan fingerprint density at radius 3 is 2.11 bits per heavy atom. The van der Waals surface area contributed by atoms with Crippen molar-refractivity contribution in [2.45, 2.75) is 19.1 Å². The Morgan fingerprint density at radius 1 is 0.964 bits per heavy atom. The van der Waals surface area contributed by atoms with Crippen LogP contribution in [0.4, 0.5) is 0 Å². The Kier molecular flexibility index (Phi) is 6.76. The zero-order valence-electron chi connectivity index (χ0n) is 15.4. The smallest absolute Gasteiger partial charge is 0.331 e. The van der Waals surface area contributed by atoms with Crippen molar-refractivity contribution in [3.05, 3.63) is 100 Å². The summed E-state index contributed by atoms with van der Waals surface area (Å²) < 4.78 is 5.25. The van der Waals surface area contributed by atoms with E-state index in [-0.39, 0.29) is 11.9 Å². The fourth-order valence-electron chi connectivity index (χ4n) is 2.71. The number of ether oxygens (including phenoxy) is 1. The molecule has 4 nitrogen and oxygen atoms in total. The second kappa shape index (κ2) is 9.67. The highest BCUT2D eigenvalue weighted by Crippen LogP contribution is 2.22. The Balaban J connectivity index is 1.67. The lowest BCUT2D eigenvalue weighted by Crippen LogP contribution is -2.38. The minimum Gasteiger partial charge on any atom is -0.449 e. The summed E-state index contributed by atoms with van der Waals surface area (Å²) in [6.07, 6.45) is 2.09. The summed E-state index contributed by atoms with van der Waals surface area (Å²) in [7, 11) is 0. The van der Waals surface area contributed by atoms with Gasteiger partial charge in [0.05, 0.1) is 6.04 Å². The summed E-state index contributed by atoms with van der Waals surface area (Å²) in [5.74, 6) is -0.903. The molecule has 3 aromatic rings. The number of hydrogen-bond donors (Lipinski definition) is 1. The molecule has 0 spiro atoms. The number of carbonyl (C=O) groups is 2. The van der Waals surface area contributed by atoms with Gasteiger partial charge in [0.25, 0.3) is 5.91 Å². The average molecular weight is 391 g/mol. The zero-order valence-corrected chi connectivity index (χ0v) is 16.3. The quantitative estimate of drug-likeness (QED) is 0.473. The first kappa shape index (κ1) is 19.6. The third-order valence-electron chi connectivity index (χ3n) is 4.17. The Morgan fingerprint density at radius 2 is 1.57 bits per heavy atom. The van der Waals surface area contributed by atoms with Crippen LogP contribution < -0.4 is 5.32 Å². The number of benzene rings is 2. The minimum atomic E-state index is -0.908. The molecule has 5 heteroatoms. The summed E-state index contributed by atoms with van der Waals surface area (Å²) in [5, 5.41) is 6.83. The van der Waals surface area contributed by atoms with Gasteiger partial charge < -0.3 is 10.1 Å². The molecule has 0 radical (unpaired) electrons. The summed E-state index contributed by atoms with van der Waals surface area (Å²) in [4.78, 5) is 24.7. The van der Waals surface area contributed by atoms with E-state index in [9.17, 15) is 9.59 Å². The molecular formula is C23H21NO3S. The minimum absolute atomic E-state index is 0.322. The number of rotatable bonds is 7. The van der Waals surface area contributed by atoms with Gasteiger partial charge in [0.15, 0.2) is 6.10 Å². The molecule has 142 valence electrons.